The largest absolute Gasteiger partial charge is 0.489 e. The Morgan fingerprint density at radius 1 is 1.15 bits per heavy atom. The van der Waals surface area contributed by atoms with E-state index in [-0.39, 0.29) is 35.6 Å². The summed E-state index contributed by atoms with van der Waals surface area (Å²) < 4.78 is 7.86. The van der Waals surface area contributed by atoms with Crippen LogP contribution in [-0.4, -0.2) is 27.8 Å². The average molecular weight is 481 g/mol. The zero-order chi connectivity index (χ0) is 24.5. The molecule has 180 valence electrons. The van der Waals surface area contributed by atoms with Crippen molar-refractivity contribution < 1.29 is 9.53 Å². The highest BCUT2D eigenvalue weighted by molar-refractivity contribution is 6.30. The van der Waals surface area contributed by atoms with Gasteiger partial charge in [-0.25, -0.2) is 0 Å². The summed E-state index contributed by atoms with van der Waals surface area (Å²) in [5.41, 5.74) is 2.61. The van der Waals surface area contributed by atoms with E-state index in [0.29, 0.717) is 22.9 Å². The Hall–Kier alpha value is -2.83. The maximum absolute atomic E-state index is 13.3. The number of benzene rings is 2. The van der Waals surface area contributed by atoms with Gasteiger partial charge in [0, 0.05) is 23.2 Å². The number of rotatable bonds is 6. The van der Waals surface area contributed by atoms with E-state index < -0.39 is 0 Å². The number of para-hydroxylation sites is 2. The smallest absolute Gasteiger partial charge is 0.241 e. The molecule has 1 saturated heterocycles. The summed E-state index contributed by atoms with van der Waals surface area (Å²) in [5, 5.41) is 12.2. The summed E-state index contributed by atoms with van der Waals surface area (Å²) in [5.74, 6) is 0.623. The first-order valence-electron chi connectivity index (χ1n) is 11.8. The van der Waals surface area contributed by atoms with Crippen molar-refractivity contribution in [2.24, 2.45) is 0 Å². The second kappa shape index (κ2) is 9.80. The van der Waals surface area contributed by atoms with E-state index >= 15 is 0 Å². The zero-order valence-electron chi connectivity index (χ0n) is 20.4. The van der Waals surface area contributed by atoms with Gasteiger partial charge in [0.05, 0.1) is 29.1 Å². The molecule has 2 heterocycles. The van der Waals surface area contributed by atoms with Crippen LogP contribution in [0, 0.1) is 0 Å². The minimum atomic E-state index is -0.377. The molecule has 3 aromatic rings. The summed E-state index contributed by atoms with van der Waals surface area (Å²) >= 11 is 6.13. The Morgan fingerprint density at radius 2 is 1.85 bits per heavy atom. The van der Waals surface area contributed by atoms with Gasteiger partial charge in [-0.15, -0.1) is 0 Å². The Labute approximate surface area is 206 Å². The molecule has 0 saturated carbocycles. The molecule has 2 aromatic carbocycles. The lowest BCUT2D eigenvalue weighted by atomic mass is 9.90. The average Bonchev–Trinajstić information content (AvgIpc) is 3.43. The summed E-state index contributed by atoms with van der Waals surface area (Å²) in [6.45, 7) is 10.3. The fourth-order valence-corrected chi connectivity index (χ4v) is 4.45. The van der Waals surface area contributed by atoms with E-state index in [1.165, 1.54) is 0 Å². The normalized spacial score (nSPS) is 20.5. The Morgan fingerprint density at radius 3 is 2.50 bits per heavy atom. The van der Waals surface area contributed by atoms with Crippen LogP contribution in [0.4, 0.5) is 5.69 Å². The maximum atomic E-state index is 13.3. The molecule has 0 bridgehead atoms. The first-order valence-corrected chi connectivity index (χ1v) is 12.1. The third-order valence-electron chi connectivity index (χ3n) is 6.00. The van der Waals surface area contributed by atoms with E-state index in [1.54, 1.807) is 0 Å². The Bertz CT molecular complexity index is 1130. The molecule has 0 aliphatic carbocycles. The second-order valence-corrected chi connectivity index (χ2v) is 10.5. The Balaban J connectivity index is 1.59. The van der Waals surface area contributed by atoms with Crippen molar-refractivity contribution in [3.8, 4) is 5.75 Å². The lowest BCUT2D eigenvalue weighted by Crippen LogP contribution is -2.36. The molecule has 4 rings (SSSR count). The van der Waals surface area contributed by atoms with Crippen molar-refractivity contribution in [3.63, 3.8) is 0 Å². The van der Waals surface area contributed by atoms with E-state index in [0.717, 1.165) is 11.3 Å². The standard InChI is InChI=1S/C27H33ClN4O2/c1-17(2)34-24-9-7-6-8-22(24)30-26(33)23-16-20(21-14-15-32(31-21)27(3,4)5)25(29-23)18-10-12-19(28)13-11-18/h6-15,17,20,23,25,29H,16H2,1-5H3,(H,30,33)/t20-,23-,25-/m0/s1. The summed E-state index contributed by atoms with van der Waals surface area (Å²) in [6, 6.07) is 17.0. The molecule has 1 amide bonds. The van der Waals surface area contributed by atoms with Crippen LogP contribution < -0.4 is 15.4 Å². The number of anilines is 1. The predicted octanol–water partition coefficient (Wildman–Crippen LogP) is 5.90. The van der Waals surface area contributed by atoms with Crippen molar-refractivity contribution in [1.82, 2.24) is 15.1 Å². The quantitative estimate of drug-likeness (QED) is 0.460. The van der Waals surface area contributed by atoms with Crippen molar-refractivity contribution in [3.05, 3.63) is 77.1 Å². The number of halogens is 1. The minimum Gasteiger partial charge on any atom is -0.489 e. The minimum absolute atomic E-state index is 0.0132. The van der Waals surface area contributed by atoms with Crippen molar-refractivity contribution >= 4 is 23.2 Å². The van der Waals surface area contributed by atoms with Gasteiger partial charge in [-0.1, -0.05) is 35.9 Å². The number of carbonyl (C=O) groups excluding carboxylic acids is 1. The number of nitrogens with one attached hydrogen (secondary N) is 2. The molecule has 0 radical (unpaired) electrons. The molecule has 1 fully saturated rings. The van der Waals surface area contributed by atoms with Crippen LogP contribution in [0.1, 0.15) is 64.3 Å². The van der Waals surface area contributed by atoms with Gasteiger partial charge in [0.25, 0.3) is 0 Å². The highest BCUT2D eigenvalue weighted by Gasteiger charge is 2.40. The van der Waals surface area contributed by atoms with Crippen LogP contribution in [0.2, 0.25) is 5.02 Å². The number of amides is 1. The highest BCUT2D eigenvalue weighted by atomic mass is 35.5. The first-order chi connectivity index (χ1) is 16.1. The molecular weight excluding hydrogens is 448 g/mol. The third kappa shape index (κ3) is 5.45. The van der Waals surface area contributed by atoms with E-state index in [2.05, 4.69) is 37.5 Å². The number of hydrogen-bond acceptors (Lipinski definition) is 4. The predicted molar refractivity (Wildman–Crippen MR) is 137 cm³/mol. The van der Waals surface area contributed by atoms with Crippen molar-refractivity contribution in [2.45, 2.75) is 70.7 Å². The number of nitrogens with zero attached hydrogens (tertiary/aromatic N) is 2. The number of ether oxygens (including phenoxy) is 1. The van der Waals surface area contributed by atoms with E-state index in [9.17, 15) is 4.79 Å². The van der Waals surface area contributed by atoms with Gasteiger partial charge >= 0.3 is 0 Å². The SMILES string of the molecule is CC(C)Oc1ccccc1NC(=O)[C@@H]1C[C@@H](c2ccn(C(C)(C)C)n2)[C@H](c2ccc(Cl)cc2)N1. The molecule has 1 aromatic heterocycles. The lowest BCUT2D eigenvalue weighted by Gasteiger charge is -2.21. The number of aromatic nitrogens is 2. The number of hydrogen-bond donors (Lipinski definition) is 2. The second-order valence-electron chi connectivity index (χ2n) is 10.1. The van der Waals surface area contributed by atoms with Crippen molar-refractivity contribution in [2.75, 3.05) is 5.32 Å². The third-order valence-corrected chi connectivity index (χ3v) is 6.25. The number of carbonyl (C=O) groups is 1. The van der Waals surface area contributed by atoms with Gasteiger partial charge < -0.3 is 10.1 Å². The van der Waals surface area contributed by atoms with Gasteiger partial charge in [0.1, 0.15) is 5.75 Å². The summed E-state index contributed by atoms with van der Waals surface area (Å²) in [4.78, 5) is 13.3. The fraction of sp³-hybridized carbons (Fsp3) is 0.407. The van der Waals surface area contributed by atoms with Gasteiger partial charge in [0.2, 0.25) is 5.91 Å². The van der Waals surface area contributed by atoms with Gasteiger partial charge in [0.15, 0.2) is 0 Å². The van der Waals surface area contributed by atoms with Gasteiger partial charge in [-0.05, 0) is 76.9 Å². The molecule has 34 heavy (non-hydrogen) atoms. The van der Waals surface area contributed by atoms with E-state index in [1.807, 2.05) is 73.3 Å². The molecule has 3 atom stereocenters. The zero-order valence-corrected chi connectivity index (χ0v) is 21.1. The molecule has 2 N–H and O–H groups in total. The topological polar surface area (TPSA) is 68.2 Å². The first kappa shape index (κ1) is 24.3. The monoisotopic (exact) mass is 480 g/mol. The molecule has 0 unspecified atom stereocenters. The van der Waals surface area contributed by atoms with Crippen LogP contribution in [0.5, 0.6) is 5.75 Å². The van der Waals surface area contributed by atoms with Gasteiger partial charge in [-0.2, -0.15) is 5.10 Å². The van der Waals surface area contributed by atoms with Crippen LogP contribution in [-0.2, 0) is 10.3 Å². The van der Waals surface area contributed by atoms with Crippen molar-refractivity contribution in [1.29, 1.82) is 0 Å². The van der Waals surface area contributed by atoms with Crippen LogP contribution in [0.15, 0.2) is 60.8 Å². The van der Waals surface area contributed by atoms with Gasteiger partial charge in [-0.3, -0.25) is 14.8 Å². The molecular formula is C27H33ClN4O2. The fourth-order valence-electron chi connectivity index (χ4n) is 4.32. The van der Waals surface area contributed by atoms with Crippen LogP contribution >= 0.6 is 11.6 Å². The molecule has 6 nitrogen and oxygen atoms in total. The van der Waals surface area contributed by atoms with Crippen LogP contribution in [0.25, 0.3) is 0 Å². The van der Waals surface area contributed by atoms with E-state index in [4.69, 9.17) is 21.4 Å². The summed E-state index contributed by atoms with van der Waals surface area (Å²) in [7, 11) is 0. The Kier molecular flexibility index (Phi) is 7.01. The maximum Gasteiger partial charge on any atom is 0.241 e. The highest BCUT2D eigenvalue weighted by Crippen LogP contribution is 2.40. The molecule has 1 aliphatic rings. The molecule has 1 aliphatic heterocycles. The molecule has 0 spiro atoms. The lowest BCUT2D eigenvalue weighted by molar-refractivity contribution is -0.117. The van der Waals surface area contributed by atoms with Crippen LogP contribution in [0.3, 0.4) is 0 Å². The molecule has 7 heteroatoms. The summed E-state index contributed by atoms with van der Waals surface area (Å²) in [6.07, 6.45) is 2.66.